The normalized spacial score (nSPS) is 10.6. The predicted molar refractivity (Wildman–Crippen MR) is 98.2 cm³/mol. The van der Waals surface area contributed by atoms with Gasteiger partial charge in [0.05, 0.1) is 39.0 Å². The first-order valence-corrected chi connectivity index (χ1v) is 8.08. The van der Waals surface area contributed by atoms with Crippen LogP contribution < -0.4 is 24.5 Å². The van der Waals surface area contributed by atoms with Gasteiger partial charge >= 0.3 is 0 Å². The number of hydrogen-bond acceptors (Lipinski definition) is 6. The van der Waals surface area contributed by atoms with Crippen molar-refractivity contribution in [3.05, 3.63) is 47.0 Å². The van der Waals surface area contributed by atoms with Crippen molar-refractivity contribution < 1.29 is 18.9 Å². The maximum atomic E-state index is 13.1. The first-order valence-electron chi connectivity index (χ1n) is 8.08. The van der Waals surface area contributed by atoms with E-state index >= 15 is 0 Å². The van der Waals surface area contributed by atoms with Crippen LogP contribution in [-0.2, 0) is 0 Å². The summed E-state index contributed by atoms with van der Waals surface area (Å²) in [6, 6.07) is 8.87. The number of fused-ring (bicyclic) bond motifs is 1. The number of benzene rings is 2. The SMILES string of the molecule is CCOc1cccc(-n2cnc3c(OC)c(OC)c(OC)cc3c2=O)c1. The molecule has 0 fully saturated rings. The van der Waals surface area contributed by atoms with Crippen LogP contribution in [0.1, 0.15) is 6.92 Å². The fraction of sp³-hybridized carbons (Fsp3) is 0.263. The van der Waals surface area contributed by atoms with E-state index in [9.17, 15) is 4.79 Å². The third-order valence-electron chi connectivity index (χ3n) is 3.96. The highest BCUT2D eigenvalue weighted by Crippen LogP contribution is 2.41. The molecule has 0 spiro atoms. The minimum Gasteiger partial charge on any atom is -0.494 e. The summed E-state index contributed by atoms with van der Waals surface area (Å²) in [5.74, 6) is 1.83. The zero-order chi connectivity index (χ0) is 18.7. The Bertz CT molecular complexity index is 997. The summed E-state index contributed by atoms with van der Waals surface area (Å²) < 4.78 is 23.1. The Morgan fingerprint density at radius 1 is 1.04 bits per heavy atom. The Morgan fingerprint density at radius 2 is 1.81 bits per heavy atom. The van der Waals surface area contributed by atoms with E-state index in [1.807, 2.05) is 25.1 Å². The van der Waals surface area contributed by atoms with E-state index in [1.165, 1.54) is 32.2 Å². The zero-order valence-electron chi connectivity index (χ0n) is 15.1. The van der Waals surface area contributed by atoms with Gasteiger partial charge in [0.15, 0.2) is 11.5 Å². The van der Waals surface area contributed by atoms with Crippen molar-refractivity contribution in [1.82, 2.24) is 9.55 Å². The molecule has 0 bridgehead atoms. The van der Waals surface area contributed by atoms with Crippen LogP contribution in [0, 0.1) is 0 Å². The van der Waals surface area contributed by atoms with Crippen LogP contribution in [0.4, 0.5) is 0 Å². The molecule has 1 aromatic heterocycles. The number of ether oxygens (including phenoxy) is 4. The van der Waals surface area contributed by atoms with Crippen molar-refractivity contribution in [1.29, 1.82) is 0 Å². The Kier molecular flexibility index (Phi) is 4.97. The molecule has 0 radical (unpaired) electrons. The van der Waals surface area contributed by atoms with Crippen LogP contribution in [0.25, 0.3) is 16.6 Å². The van der Waals surface area contributed by atoms with Crippen LogP contribution in [0.5, 0.6) is 23.0 Å². The highest BCUT2D eigenvalue weighted by molar-refractivity contribution is 5.89. The molecule has 3 rings (SSSR count). The average molecular weight is 356 g/mol. The monoisotopic (exact) mass is 356 g/mol. The van der Waals surface area contributed by atoms with Crippen LogP contribution in [0.3, 0.4) is 0 Å². The minimum atomic E-state index is -0.247. The summed E-state index contributed by atoms with van der Waals surface area (Å²) in [6.45, 7) is 2.45. The van der Waals surface area contributed by atoms with Gasteiger partial charge in [0.1, 0.15) is 17.6 Å². The topological polar surface area (TPSA) is 71.8 Å². The van der Waals surface area contributed by atoms with Gasteiger partial charge in [-0.25, -0.2) is 4.98 Å². The number of nitrogens with zero attached hydrogens (tertiary/aromatic N) is 2. The molecule has 1 heterocycles. The second-order valence-corrected chi connectivity index (χ2v) is 5.39. The second-order valence-electron chi connectivity index (χ2n) is 5.39. The van der Waals surface area contributed by atoms with Gasteiger partial charge in [0.25, 0.3) is 5.56 Å². The summed E-state index contributed by atoms with van der Waals surface area (Å²) in [5, 5.41) is 0.365. The van der Waals surface area contributed by atoms with Gasteiger partial charge in [0, 0.05) is 6.07 Å². The molecule has 2 aromatic carbocycles. The lowest BCUT2D eigenvalue weighted by Crippen LogP contribution is -2.19. The highest BCUT2D eigenvalue weighted by atomic mass is 16.5. The van der Waals surface area contributed by atoms with Gasteiger partial charge in [-0.2, -0.15) is 0 Å². The van der Waals surface area contributed by atoms with E-state index in [1.54, 1.807) is 12.1 Å². The average Bonchev–Trinajstić information content (AvgIpc) is 2.67. The summed E-state index contributed by atoms with van der Waals surface area (Å²) in [4.78, 5) is 17.5. The first kappa shape index (κ1) is 17.6. The Labute approximate surface area is 150 Å². The first-order chi connectivity index (χ1) is 12.6. The van der Waals surface area contributed by atoms with Gasteiger partial charge < -0.3 is 18.9 Å². The van der Waals surface area contributed by atoms with Crippen LogP contribution in [-0.4, -0.2) is 37.5 Å². The lowest BCUT2D eigenvalue weighted by molar-refractivity contribution is 0.326. The Hall–Kier alpha value is -3.22. The van der Waals surface area contributed by atoms with Gasteiger partial charge in [-0.05, 0) is 25.1 Å². The van der Waals surface area contributed by atoms with E-state index in [4.69, 9.17) is 18.9 Å². The molecule has 0 saturated carbocycles. The molecule has 0 atom stereocenters. The van der Waals surface area contributed by atoms with Gasteiger partial charge in [-0.15, -0.1) is 0 Å². The molecule has 0 aliphatic heterocycles. The molecule has 136 valence electrons. The van der Waals surface area contributed by atoms with Crippen LogP contribution >= 0.6 is 0 Å². The van der Waals surface area contributed by atoms with Gasteiger partial charge in [-0.1, -0.05) is 6.07 Å². The van der Waals surface area contributed by atoms with E-state index in [-0.39, 0.29) is 5.56 Å². The largest absolute Gasteiger partial charge is 0.494 e. The second kappa shape index (κ2) is 7.35. The smallest absolute Gasteiger partial charge is 0.266 e. The van der Waals surface area contributed by atoms with Crippen molar-refractivity contribution in [2.24, 2.45) is 0 Å². The van der Waals surface area contributed by atoms with E-state index in [2.05, 4.69) is 4.98 Å². The molecule has 0 unspecified atom stereocenters. The van der Waals surface area contributed by atoms with Gasteiger partial charge in [-0.3, -0.25) is 9.36 Å². The zero-order valence-corrected chi connectivity index (χ0v) is 15.1. The molecule has 7 nitrogen and oxygen atoms in total. The fourth-order valence-electron chi connectivity index (χ4n) is 2.80. The van der Waals surface area contributed by atoms with Crippen molar-refractivity contribution in [2.45, 2.75) is 6.92 Å². The number of hydrogen-bond donors (Lipinski definition) is 0. The Morgan fingerprint density at radius 3 is 2.46 bits per heavy atom. The van der Waals surface area contributed by atoms with Crippen molar-refractivity contribution in [3.63, 3.8) is 0 Å². The predicted octanol–water partition coefficient (Wildman–Crippen LogP) is 2.81. The van der Waals surface area contributed by atoms with E-state index < -0.39 is 0 Å². The quantitative estimate of drug-likeness (QED) is 0.676. The number of methoxy groups -OCH3 is 3. The summed E-state index contributed by atoms with van der Waals surface area (Å²) in [6.07, 6.45) is 1.46. The highest BCUT2D eigenvalue weighted by Gasteiger charge is 2.19. The molecule has 0 amide bonds. The van der Waals surface area contributed by atoms with Crippen molar-refractivity contribution in [3.8, 4) is 28.7 Å². The lowest BCUT2D eigenvalue weighted by atomic mass is 10.2. The van der Waals surface area contributed by atoms with E-state index in [0.717, 1.165) is 0 Å². The number of aromatic nitrogens is 2. The van der Waals surface area contributed by atoms with Crippen molar-refractivity contribution >= 4 is 10.9 Å². The molecule has 0 aliphatic rings. The summed E-state index contributed by atoms with van der Waals surface area (Å²) in [7, 11) is 4.51. The molecular weight excluding hydrogens is 336 g/mol. The molecule has 26 heavy (non-hydrogen) atoms. The fourth-order valence-corrected chi connectivity index (χ4v) is 2.80. The van der Waals surface area contributed by atoms with Crippen molar-refractivity contribution in [2.75, 3.05) is 27.9 Å². The molecule has 0 saturated heterocycles. The summed E-state index contributed by atoms with van der Waals surface area (Å²) >= 11 is 0. The maximum absolute atomic E-state index is 13.1. The Balaban J connectivity index is 2.26. The molecular formula is C19H20N2O5. The van der Waals surface area contributed by atoms with Crippen LogP contribution in [0.15, 0.2) is 41.5 Å². The third kappa shape index (κ3) is 2.92. The summed E-state index contributed by atoms with van der Waals surface area (Å²) in [5.41, 5.74) is 0.819. The molecule has 7 heteroatoms. The van der Waals surface area contributed by atoms with E-state index in [0.29, 0.717) is 46.2 Å². The third-order valence-corrected chi connectivity index (χ3v) is 3.96. The molecule has 3 aromatic rings. The minimum absolute atomic E-state index is 0.247. The maximum Gasteiger partial charge on any atom is 0.266 e. The standard InChI is InChI=1S/C19H20N2O5/c1-5-26-13-8-6-7-12(9-13)21-11-20-16-14(19(21)22)10-15(23-2)17(24-3)18(16)25-4/h6-11H,5H2,1-4H3. The molecule has 0 N–H and O–H groups in total. The van der Waals surface area contributed by atoms with Crippen LogP contribution in [0.2, 0.25) is 0 Å². The molecule has 0 aliphatic carbocycles. The van der Waals surface area contributed by atoms with Gasteiger partial charge in [0.2, 0.25) is 5.75 Å². The number of rotatable bonds is 6. The lowest BCUT2D eigenvalue weighted by Gasteiger charge is -2.15.